The molecule has 0 bridgehead atoms. The standard InChI is InChI=1S/C18H20BrNO2/c1-11-7-13(3)18(14(4)8-11)20-17(21)10-22-16-6-5-15(19)9-12(16)2/h5-9H,10H2,1-4H3,(H,20,21). The summed E-state index contributed by atoms with van der Waals surface area (Å²) < 4.78 is 6.59. The van der Waals surface area contributed by atoms with E-state index >= 15 is 0 Å². The van der Waals surface area contributed by atoms with Gasteiger partial charge in [0, 0.05) is 10.2 Å². The molecule has 3 nitrogen and oxygen atoms in total. The molecule has 0 radical (unpaired) electrons. The quantitative estimate of drug-likeness (QED) is 0.856. The van der Waals surface area contributed by atoms with Gasteiger partial charge in [-0.1, -0.05) is 33.6 Å². The Balaban J connectivity index is 2.02. The molecule has 22 heavy (non-hydrogen) atoms. The third-order valence-electron chi connectivity index (χ3n) is 3.44. The Kier molecular flexibility index (Phi) is 5.24. The van der Waals surface area contributed by atoms with Crippen LogP contribution < -0.4 is 10.1 Å². The van der Waals surface area contributed by atoms with Crippen LogP contribution in [-0.2, 0) is 4.79 Å². The molecule has 0 saturated carbocycles. The van der Waals surface area contributed by atoms with Crippen molar-refractivity contribution in [2.24, 2.45) is 0 Å². The first-order chi connectivity index (χ1) is 10.4. The molecule has 2 rings (SSSR count). The molecule has 0 atom stereocenters. The Hall–Kier alpha value is -1.81. The average molecular weight is 362 g/mol. The van der Waals surface area contributed by atoms with Crippen LogP contribution in [0.15, 0.2) is 34.8 Å². The molecule has 0 heterocycles. The molecule has 0 aliphatic heterocycles. The minimum Gasteiger partial charge on any atom is -0.483 e. The molecule has 0 aromatic heterocycles. The van der Waals surface area contributed by atoms with Crippen molar-refractivity contribution in [2.75, 3.05) is 11.9 Å². The van der Waals surface area contributed by atoms with Crippen molar-refractivity contribution >= 4 is 27.5 Å². The summed E-state index contributed by atoms with van der Waals surface area (Å²) in [6.45, 7) is 7.98. The molecule has 1 amide bonds. The van der Waals surface area contributed by atoms with Gasteiger partial charge < -0.3 is 10.1 Å². The molecular formula is C18H20BrNO2. The lowest BCUT2D eigenvalue weighted by molar-refractivity contribution is -0.118. The maximum Gasteiger partial charge on any atom is 0.262 e. The summed E-state index contributed by atoms with van der Waals surface area (Å²) in [7, 11) is 0. The lowest BCUT2D eigenvalue weighted by Gasteiger charge is -2.14. The molecule has 1 N–H and O–H groups in total. The Labute approximate surface area is 139 Å². The molecule has 2 aromatic carbocycles. The van der Waals surface area contributed by atoms with E-state index in [2.05, 4.69) is 33.4 Å². The number of carbonyl (C=O) groups excluding carboxylic acids is 1. The Morgan fingerprint density at radius 1 is 1.05 bits per heavy atom. The zero-order valence-corrected chi connectivity index (χ0v) is 14.9. The van der Waals surface area contributed by atoms with Crippen LogP contribution in [0.3, 0.4) is 0 Å². The monoisotopic (exact) mass is 361 g/mol. The van der Waals surface area contributed by atoms with Crippen LogP contribution in [0.1, 0.15) is 22.3 Å². The van der Waals surface area contributed by atoms with Crippen LogP contribution in [0.2, 0.25) is 0 Å². The Morgan fingerprint density at radius 3 is 2.27 bits per heavy atom. The third kappa shape index (κ3) is 4.10. The number of amides is 1. The summed E-state index contributed by atoms with van der Waals surface area (Å²) in [5.74, 6) is 0.563. The van der Waals surface area contributed by atoms with Crippen molar-refractivity contribution in [1.29, 1.82) is 0 Å². The first-order valence-electron chi connectivity index (χ1n) is 7.13. The number of nitrogens with one attached hydrogen (secondary N) is 1. The largest absolute Gasteiger partial charge is 0.483 e. The minimum atomic E-state index is -0.155. The van der Waals surface area contributed by atoms with E-state index in [9.17, 15) is 4.79 Å². The summed E-state index contributed by atoms with van der Waals surface area (Å²) in [5, 5.41) is 2.93. The van der Waals surface area contributed by atoms with Crippen LogP contribution >= 0.6 is 15.9 Å². The van der Waals surface area contributed by atoms with Crippen molar-refractivity contribution in [2.45, 2.75) is 27.7 Å². The molecule has 0 unspecified atom stereocenters. The second kappa shape index (κ2) is 6.97. The van der Waals surface area contributed by atoms with Gasteiger partial charge in [-0.3, -0.25) is 4.79 Å². The maximum absolute atomic E-state index is 12.1. The summed E-state index contributed by atoms with van der Waals surface area (Å²) in [5.41, 5.74) is 5.17. The van der Waals surface area contributed by atoms with Gasteiger partial charge in [0.1, 0.15) is 5.75 Å². The number of benzene rings is 2. The van der Waals surface area contributed by atoms with E-state index in [0.29, 0.717) is 0 Å². The number of rotatable bonds is 4. The molecule has 0 aliphatic rings. The maximum atomic E-state index is 12.1. The van der Waals surface area contributed by atoms with Crippen LogP contribution in [-0.4, -0.2) is 12.5 Å². The van der Waals surface area contributed by atoms with Crippen molar-refractivity contribution in [3.63, 3.8) is 0 Å². The number of hydrogen-bond acceptors (Lipinski definition) is 2. The summed E-state index contributed by atoms with van der Waals surface area (Å²) in [6, 6.07) is 9.83. The highest BCUT2D eigenvalue weighted by atomic mass is 79.9. The molecule has 0 saturated heterocycles. The molecule has 0 aliphatic carbocycles. The van der Waals surface area contributed by atoms with Gasteiger partial charge in [-0.05, 0) is 62.6 Å². The fraction of sp³-hybridized carbons (Fsp3) is 0.278. The van der Waals surface area contributed by atoms with Crippen LogP contribution in [0.5, 0.6) is 5.75 Å². The smallest absolute Gasteiger partial charge is 0.262 e. The van der Waals surface area contributed by atoms with Gasteiger partial charge in [0.15, 0.2) is 6.61 Å². The van der Waals surface area contributed by atoms with Gasteiger partial charge in [0.2, 0.25) is 0 Å². The van der Waals surface area contributed by atoms with Crippen molar-refractivity contribution < 1.29 is 9.53 Å². The predicted molar refractivity (Wildman–Crippen MR) is 93.7 cm³/mol. The highest BCUT2D eigenvalue weighted by Crippen LogP contribution is 2.23. The molecule has 4 heteroatoms. The van der Waals surface area contributed by atoms with E-state index in [4.69, 9.17) is 4.74 Å². The summed E-state index contributed by atoms with van der Waals surface area (Å²) in [4.78, 5) is 12.1. The second-order valence-electron chi connectivity index (χ2n) is 5.52. The van der Waals surface area contributed by atoms with Gasteiger partial charge in [0.05, 0.1) is 0 Å². The number of carbonyl (C=O) groups is 1. The van der Waals surface area contributed by atoms with Crippen LogP contribution in [0.4, 0.5) is 5.69 Å². The van der Waals surface area contributed by atoms with Crippen molar-refractivity contribution in [1.82, 2.24) is 0 Å². The van der Waals surface area contributed by atoms with E-state index in [-0.39, 0.29) is 12.5 Å². The molecular weight excluding hydrogens is 342 g/mol. The molecule has 0 fully saturated rings. The molecule has 0 spiro atoms. The lowest BCUT2D eigenvalue weighted by atomic mass is 10.1. The topological polar surface area (TPSA) is 38.3 Å². The summed E-state index contributed by atoms with van der Waals surface area (Å²) in [6.07, 6.45) is 0. The number of halogens is 1. The first kappa shape index (κ1) is 16.6. The van der Waals surface area contributed by atoms with E-state index in [1.54, 1.807) is 0 Å². The highest BCUT2D eigenvalue weighted by Gasteiger charge is 2.10. The van der Waals surface area contributed by atoms with E-state index < -0.39 is 0 Å². The van der Waals surface area contributed by atoms with Gasteiger partial charge in [-0.15, -0.1) is 0 Å². The lowest BCUT2D eigenvalue weighted by Crippen LogP contribution is -2.21. The second-order valence-corrected chi connectivity index (χ2v) is 6.44. The minimum absolute atomic E-state index is 0.00473. The normalized spacial score (nSPS) is 10.4. The van der Waals surface area contributed by atoms with Crippen molar-refractivity contribution in [3.8, 4) is 5.75 Å². The SMILES string of the molecule is Cc1cc(C)c(NC(=O)COc2ccc(Br)cc2C)c(C)c1. The summed E-state index contributed by atoms with van der Waals surface area (Å²) >= 11 is 3.41. The first-order valence-corrected chi connectivity index (χ1v) is 7.93. The van der Waals surface area contributed by atoms with E-state index in [1.165, 1.54) is 5.56 Å². The van der Waals surface area contributed by atoms with Gasteiger partial charge in [-0.25, -0.2) is 0 Å². The molecule has 116 valence electrons. The fourth-order valence-electron chi connectivity index (χ4n) is 2.47. The number of anilines is 1. The predicted octanol–water partition coefficient (Wildman–Crippen LogP) is 4.70. The van der Waals surface area contributed by atoms with Crippen LogP contribution in [0.25, 0.3) is 0 Å². The van der Waals surface area contributed by atoms with E-state index in [0.717, 1.165) is 32.6 Å². The third-order valence-corrected chi connectivity index (χ3v) is 3.93. The zero-order chi connectivity index (χ0) is 16.3. The number of ether oxygens (including phenoxy) is 1. The average Bonchev–Trinajstić information content (AvgIpc) is 2.42. The number of hydrogen-bond donors (Lipinski definition) is 1. The van der Waals surface area contributed by atoms with Gasteiger partial charge >= 0.3 is 0 Å². The molecule has 2 aromatic rings. The number of aryl methyl sites for hydroxylation is 4. The van der Waals surface area contributed by atoms with Gasteiger partial charge in [-0.2, -0.15) is 0 Å². The highest BCUT2D eigenvalue weighted by molar-refractivity contribution is 9.10. The van der Waals surface area contributed by atoms with Gasteiger partial charge in [0.25, 0.3) is 5.91 Å². The Bertz CT molecular complexity index is 687. The van der Waals surface area contributed by atoms with Crippen molar-refractivity contribution in [3.05, 3.63) is 57.1 Å². The fourth-order valence-corrected chi connectivity index (χ4v) is 2.95. The van der Waals surface area contributed by atoms with E-state index in [1.807, 2.05) is 45.9 Å². The Morgan fingerprint density at radius 2 is 1.68 bits per heavy atom. The zero-order valence-electron chi connectivity index (χ0n) is 13.3. The van der Waals surface area contributed by atoms with Crippen LogP contribution in [0, 0.1) is 27.7 Å².